The van der Waals surface area contributed by atoms with E-state index in [2.05, 4.69) is 17.1 Å². The quantitative estimate of drug-likeness (QED) is 0.833. The molecule has 23 heavy (non-hydrogen) atoms. The van der Waals surface area contributed by atoms with Crippen LogP contribution in [0.25, 0.3) is 0 Å². The highest BCUT2D eigenvalue weighted by molar-refractivity contribution is 5.85. The summed E-state index contributed by atoms with van der Waals surface area (Å²) in [4.78, 5) is 26.1. The minimum atomic E-state index is -1.23. The Morgan fingerprint density at radius 2 is 2.00 bits per heavy atom. The van der Waals surface area contributed by atoms with Gasteiger partial charge in [0.2, 0.25) is 0 Å². The molecule has 0 aromatic heterocycles. The summed E-state index contributed by atoms with van der Waals surface area (Å²) < 4.78 is 5.24. The predicted octanol–water partition coefficient (Wildman–Crippen LogP) is 2.62. The number of hydrogen-bond acceptors (Lipinski definition) is 4. The van der Waals surface area contributed by atoms with Crippen molar-refractivity contribution in [3.63, 3.8) is 0 Å². The van der Waals surface area contributed by atoms with E-state index in [9.17, 15) is 14.7 Å². The summed E-state index contributed by atoms with van der Waals surface area (Å²) in [7, 11) is 0. The van der Waals surface area contributed by atoms with Gasteiger partial charge in [0.15, 0.2) is 5.54 Å². The number of aliphatic carboxylic acids is 1. The first kappa shape index (κ1) is 18.0. The van der Waals surface area contributed by atoms with Gasteiger partial charge in [-0.25, -0.2) is 9.59 Å². The van der Waals surface area contributed by atoms with E-state index in [-0.39, 0.29) is 0 Å². The van der Waals surface area contributed by atoms with Crippen LogP contribution in [-0.2, 0) is 9.53 Å². The summed E-state index contributed by atoms with van der Waals surface area (Å²) in [6.07, 6.45) is 4.45. The molecule has 1 heterocycles. The van der Waals surface area contributed by atoms with E-state index < -0.39 is 23.2 Å². The van der Waals surface area contributed by atoms with Gasteiger partial charge in [-0.15, -0.1) is 0 Å². The van der Waals surface area contributed by atoms with Crippen LogP contribution in [0, 0.1) is 5.92 Å². The molecule has 6 heteroatoms. The Kier molecular flexibility index (Phi) is 5.23. The molecule has 132 valence electrons. The fourth-order valence-corrected chi connectivity index (χ4v) is 3.71. The highest BCUT2D eigenvalue weighted by Crippen LogP contribution is 2.32. The van der Waals surface area contributed by atoms with Gasteiger partial charge in [0.25, 0.3) is 0 Å². The molecule has 1 amide bonds. The maximum absolute atomic E-state index is 12.0. The number of hydrogen-bond donors (Lipinski definition) is 2. The third-order valence-corrected chi connectivity index (χ3v) is 4.87. The molecule has 6 nitrogen and oxygen atoms in total. The summed E-state index contributed by atoms with van der Waals surface area (Å²) in [5, 5.41) is 12.3. The van der Waals surface area contributed by atoms with E-state index >= 15 is 0 Å². The molecule has 0 bridgehead atoms. The molecule has 1 aliphatic heterocycles. The molecule has 3 atom stereocenters. The second-order valence-electron chi connectivity index (χ2n) is 8.16. The average molecular weight is 326 g/mol. The van der Waals surface area contributed by atoms with Crippen molar-refractivity contribution in [2.45, 2.75) is 77.0 Å². The Morgan fingerprint density at radius 1 is 1.30 bits per heavy atom. The van der Waals surface area contributed by atoms with E-state index in [0.717, 1.165) is 12.8 Å². The normalized spacial score (nSPS) is 32.5. The smallest absolute Gasteiger partial charge is 0.408 e. The summed E-state index contributed by atoms with van der Waals surface area (Å²) in [5.74, 6) is -0.290. The monoisotopic (exact) mass is 326 g/mol. The Bertz CT molecular complexity index is 460. The first-order valence-corrected chi connectivity index (χ1v) is 8.60. The molecule has 3 unspecified atom stereocenters. The third kappa shape index (κ3) is 4.59. The lowest BCUT2D eigenvalue weighted by molar-refractivity contribution is -0.144. The van der Waals surface area contributed by atoms with Crippen molar-refractivity contribution in [3.8, 4) is 0 Å². The second kappa shape index (κ2) is 6.67. The van der Waals surface area contributed by atoms with E-state index in [4.69, 9.17) is 4.74 Å². The Balaban J connectivity index is 2.02. The van der Waals surface area contributed by atoms with Crippen molar-refractivity contribution in [2.24, 2.45) is 5.92 Å². The number of carbonyl (C=O) groups is 2. The van der Waals surface area contributed by atoms with Crippen molar-refractivity contribution >= 4 is 12.1 Å². The molecule has 1 saturated carbocycles. The first-order valence-electron chi connectivity index (χ1n) is 8.60. The molecule has 2 fully saturated rings. The third-order valence-electron chi connectivity index (χ3n) is 4.87. The topological polar surface area (TPSA) is 78.9 Å². The molecular formula is C17H30N2O4. The number of amides is 1. The van der Waals surface area contributed by atoms with Crippen LogP contribution in [0.1, 0.15) is 59.8 Å². The zero-order valence-electron chi connectivity index (χ0n) is 14.7. The van der Waals surface area contributed by atoms with Gasteiger partial charge >= 0.3 is 12.1 Å². The molecule has 2 N–H and O–H groups in total. The largest absolute Gasteiger partial charge is 0.479 e. The van der Waals surface area contributed by atoms with Crippen LogP contribution in [0.3, 0.4) is 0 Å². The number of carbonyl (C=O) groups excluding carboxylic acids is 1. The number of ether oxygens (including phenoxy) is 1. The molecule has 0 spiro atoms. The van der Waals surface area contributed by atoms with Crippen LogP contribution >= 0.6 is 0 Å². The molecular weight excluding hydrogens is 296 g/mol. The average Bonchev–Trinajstić information content (AvgIpc) is 2.82. The van der Waals surface area contributed by atoms with Crippen molar-refractivity contribution in [2.75, 3.05) is 13.1 Å². The van der Waals surface area contributed by atoms with Gasteiger partial charge < -0.3 is 15.2 Å². The number of carboxylic acid groups (broad SMARTS) is 1. The van der Waals surface area contributed by atoms with Gasteiger partial charge in [-0.05, 0) is 46.0 Å². The highest BCUT2D eigenvalue weighted by Gasteiger charge is 2.48. The lowest BCUT2D eigenvalue weighted by Crippen LogP contribution is -2.57. The van der Waals surface area contributed by atoms with E-state index in [0.29, 0.717) is 31.5 Å². The molecule has 2 aliphatic rings. The summed E-state index contributed by atoms with van der Waals surface area (Å²) in [5.41, 5.74) is -1.87. The number of rotatable bonds is 3. The van der Waals surface area contributed by atoms with E-state index in [1.807, 2.05) is 0 Å². The van der Waals surface area contributed by atoms with Crippen LogP contribution in [0.4, 0.5) is 4.79 Å². The lowest BCUT2D eigenvalue weighted by atomic mass is 9.86. The maximum Gasteiger partial charge on any atom is 0.408 e. The summed E-state index contributed by atoms with van der Waals surface area (Å²) in [6, 6.07) is 0.431. The molecule has 0 aromatic carbocycles. The summed E-state index contributed by atoms with van der Waals surface area (Å²) >= 11 is 0. The molecule has 2 rings (SSSR count). The van der Waals surface area contributed by atoms with E-state index in [1.54, 1.807) is 20.8 Å². The minimum Gasteiger partial charge on any atom is -0.479 e. The minimum absolute atomic E-state index is 0.360. The van der Waals surface area contributed by atoms with Gasteiger partial charge in [-0.2, -0.15) is 0 Å². The maximum atomic E-state index is 12.0. The SMILES string of the molecule is CC1CCCC(N2CCC(NC(=O)OC(C)(C)C)(C(=O)O)C2)C1. The predicted molar refractivity (Wildman–Crippen MR) is 87.3 cm³/mol. The van der Waals surface area contributed by atoms with Gasteiger partial charge in [0.1, 0.15) is 5.60 Å². The van der Waals surface area contributed by atoms with Gasteiger partial charge in [0.05, 0.1) is 0 Å². The Morgan fingerprint density at radius 3 is 2.57 bits per heavy atom. The van der Waals surface area contributed by atoms with Crippen LogP contribution in [0.15, 0.2) is 0 Å². The standard InChI is InChI=1S/C17H30N2O4/c1-12-6-5-7-13(10-12)19-9-8-17(11-19,14(20)21)18-15(22)23-16(2,3)4/h12-13H,5-11H2,1-4H3,(H,18,22)(H,20,21). The van der Waals surface area contributed by atoms with Crippen LogP contribution in [0.5, 0.6) is 0 Å². The molecule has 0 radical (unpaired) electrons. The Hall–Kier alpha value is -1.30. The molecule has 1 saturated heterocycles. The fraction of sp³-hybridized carbons (Fsp3) is 0.882. The van der Waals surface area contributed by atoms with Crippen molar-refractivity contribution in [3.05, 3.63) is 0 Å². The van der Waals surface area contributed by atoms with Gasteiger partial charge in [0, 0.05) is 19.1 Å². The number of alkyl carbamates (subject to hydrolysis) is 1. The number of carboxylic acids is 1. The van der Waals surface area contributed by atoms with Crippen molar-refractivity contribution < 1.29 is 19.4 Å². The fourth-order valence-electron chi connectivity index (χ4n) is 3.71. The first-order chi connectivity index (χ1) is 10.6. The zero-order chi connectivity index (χ0) is 17.3. The number of likely N-dealkylation sites (tertiary alicyclic amines) is 1. The van der Waals surface area contributed by atoms with E-state index in [1.165, 1.54) is 12.8 Å². The number of nitrogens with one attached hydrogen (secondary N) is 1. The Labute approximate surface area is 138 Å². The van der Waals surface area contributed by atoms with Crippen LogP contribution in [0.2, 0.25) is 0 Å². The zero-order valence-corrected chi connectivity index (χ0v) is 14.7. The molecule has 0 aromatic rings. The highest BCUT2D eigenvalue weighted by atomic mass is 16.6. The van der Waals surface area contributed by atoms with Crippen LogP contribution in [-0.4, -0.2) is 52.3 Å². The van der Waals surface area contributed by atoms with Crippen molar-refractivity contribution in [1.82, 2.24) is 10.2 Å². The van der Waals surface area contributed by atoms with Crippen LogP contribution < -0.4 is 5.32 Å². The molecule has 1 aliphatic carbocycles. The summed E-state index contributed by atoms with van der Waals surface area (Å²) in [6.45, 7) is 8.63. The lowest BCUT2D eigenvalue weighted by Gasteiger charge is -2.35. The number of nitrogens with zero attached hydrogens (tertiary/aromatic N) is 1. The second-order valence-corrected chi connectivity index (χ2v) is 8.16. The van der Waals surface area contributed by atoms with Gasteiger partial charge in [-0.1, -0.05) is 19.8 Å². The van der Waals surface area contributed by atoms with Gasteiger partial charge in [-0.3, -0.25) is 4.90 Å². The van der Waals surface area contributed by atoms with Crippen molar-refractivity contribution in [1.29, 1.82) is 0 Å².